The van der Waals surface area contributed by atoms with Gasteiger partial charge in [0.15, 0.2) is 0 Å². The SMILES string of the molecule is CCOC(=O)C(CNC(=O)C1(c2ccccc2)CCN(C(C)=O)CC1)Cc1ccccc1. The summed E-state index contributed by atoms with van der Waals surface area (Å²) in [4.78, 5) is 39.8. The largest absolute Gasteiger partial charge is 0.466 e. The van der Waals surface area contributed by atoms with Gasteiger partial charge in [0.2, 0.25) is 11.8 Å². The van der Waals surface area contributed by atoms with E-state index in [0.29, 0.717) is 39.0 Å². The van der Waals surface area contributed by atoms with Crippen LogP contribution in [0, 0.1) is 5.92 Å². The van der Waals surface area contributed by atoms with E-state index in [9.17, 15) is 14.4 Å². The van der Waals surface area contributed by atoms with E-state index in [1.165, 1.54) is 0 Å². The van der Waals surface area contributed by atoms with Crippen LogP contribution in [-0.4, -0.2) is 48.9 Å². The van der Waals surface area contributed by atoms with Crippen molar-refractivity contribution in [3.05, 3.63) is 71.8 Å². The number of nitrogens with zero attached hydrogens (tertiary/aromatic N) is 1. The first-order valence-corrected chi connectivity index (χ1v) is 11.3. The van der Waals surface area contributed by atoms with Crippen molar-refractivity contribution >= 4 is 17.8 Å². The maximum absolute atomic E-state index is 13.6. The Morgan fingerprint density at radius 1 is 1.00 bits per heavy atom. The highest BCUT2D eigenvalue weighted by Gasteiger charge is 2.43. The summed E-state index contributed by atoms with van der Waals surface area (Å²) in [6.07, 6.45) is 1.59. The molecule has 6 heteroatoms. The zero-order chi connectivity index (χ0) is 23.0. The third kappa shape index (κ3) is 5.55. The van der Waals surface area contributed by atoms with Gasteiger partial charge in [0.25, 0.3) is 0 Å². The molecule has 1 N–H and O–H groups in total. The van der Waals surface area contributed by atoms with Crippen LogP contribution < -0.4 is 5.32 Å². The van der Waals surface area contributed by atoms with E-state index < -0.39 is 11.3 Å². The van der Waals surface area contributed by atoms with Gasteiger partial charge in [-0.3, -0.25) is 14.4 Å². The number of likely N-dealkylation sites (tertiary alicyclic amines) is 1. The number of hydrogen-bond donors (Lipinski definition) is 1. The van der Waals surface area contributed by atoms with E-state index in [4.69, 9.17) is 4.74 Å². The molecule has 0 aliphatic carbocycles. The topological polar surface area (TPSA) is 75.7 Å². The summed E-state index contributed by atoms with van der Waals surface area (Å²) in [5, 5.41) is 3.05. The minimum Gasteiger partial charge on any atom is -0.466 e. The van der Waals surface area contributed by atoms with Crippen molar-refractivity contribution in [3.8, 4) is 0 Å². The zero-order valence-electron chi connectivity index (χ0n) is 18.9. The summed E-state index contributed by atoms with van der Waals surface area (Å²) in [6.45, 7) is 4.91. The highest BCUT2D eigenvalue weighted by molar-refractivity contribution is 5.89. The van der Waals surface area contributed by atoms with Crippen molar-refractivity contribution in [1.82, 2.24) is 10.2 Å². The average molecular weight is 437 g/mol. The van der Waals surface area contributed by atoms with Gasteiger partial charge in [-0.1, -0.05) is 60.7 Å². The van der Waals surface area contributed by atoms with Crippen molar-refractivity contribution in [2.75, 3.05) is 26.2 Å². The van der Waals surface area contributed by atoms with Crippen LogP contribution in [0.3, 0.4) is 0 Å². The van der Waals surface area contributed by atoms with Crippen LogP contribution in [0.1, 0.15) is 37.8 Å². The molecule has 2 aromatic rings. The van der Waals surface area contributed by atoms with Crippen LogP contribution in [0.2, 0.25) is 0 Å². The fourth-order valence-corrected chi connectivity index (χ4v) is 4.39. The Labute approximate surface area is 189 Å². The smallest absolute Gasteiger partial charge is 0.311 e. The number of piperidine rings is 1. The maximum atomic E-state index is 13.6. The van der Waals surface area contributed by atoms with Crippen molar-refractivity contribution in [3.63, 3.8) is 0 Å². The average Bonchev–Trinajstić information content (AvgIpc) is 2.82. The molecule has 2 amide bonds. The molecule has 0 aromatic heterocycles. The molecule has 1 heterocycles. The number of hydrogen-bond acceptors (Lipinski definition) is 4. The van der Waals surface area contributed by atoms with E-state index in [1.54, 1.807) is 18.7 Å². The summed E-state index contributed by atoms with van der Waals surface area (Å²) in [5.74, 6) is -0.852. The second kappa shape index (κ2) is 10.9. The lowest BCUT2D eigenvalue weighted by Gasteiger charge is -2.41. The molecule has 0 saturated carbocycles. The number of benzene rings is 2. The van der Waals surface area contributed by atoms with Gasteiger partial charge in [0, 0.05) is 26.6 Å². The first kappa shape index (κ1) is 23.5. The van der Waals surface area contributed by atoms with Gasteiger partial charge in [-0.2, -0.15) is 0 Å². The van der Waals surface area contributed by atoms with Crippen LogP contribution in [0.25, 0.3) is 0 Å². The highest BCUT2D eigenvalue weighted by atomic mass is 16.5. The first-order valence-electron chi connectivity index (χ1n) is 11.3. The fraction of sp³-hybridized carbons (Fsp3) is 0.423. The van der Waals surface area contributed by atoms with E-state index >= 15 is 0 Å². The standard InChI is InChI=1S/C26H32N2O4/c1-3-32-24(30)22(18-21-10-6-4-7-11-21)19-27-25(31)26(23-12-8-5-9-13-23)14-16-28(17-15-26)20(2)29/h4-13,22H,3,14-19H2,1-2H3,(H,27,31). The highest BCUT2D eigenvalue weighted by Crippen LogP contribution is 2.36. The molecule has 1 fully saturated rings. The van der Waals surface area contributed by atoms with Gasteiger partial charge >= 0.3 is 5.97 Å². The van der Waals surface area contributed by atoms with E-state index in [0.717, 1.165) is 11.1 Å². The van der Waals surface area contributed by atoms with Crippen molar-refractivity contribution in [1.29, 1.82) is 0 Å². The molecule has 1 aliphatic heterocycles. The molecular weight excluding hydrogens is 404 g/mol. The lowest BCUT2D eigenvalue weighted by molar-refractivity contribution is -0.148. The van der Waals surface area contributed by atoms with Gasteiger partial charge in [-0.05, 0) is 37.3 Å². The van der Waals surface area contributed by atoms with Crippen LogP contribution in [0.15, 0.2) is 60.7 Å². The van der Waals surface area contributed by atoms with E-state index in [1.807, 2.05) is 60.7 Å². The van der Waals surface area contributed by atoms with Gasteiger partial charge in [0.05, 0.1) is 17.9 Å². The van der Waals surface area contributed by atoms with E-state index in [2.05, 4.69) is 5.32 Å². The second-order valence-electron chi connectivity index (χ2n) is 8.30. The minimum atomic E-state index is -0.723. The molecule has 1 aliphatic rings. The first-order chi connectivity index (χ1) is 15.5. The minimum absolute atomic E-state index is 0.0253. The molecule has 1 saturated heterocycles. The Morgan fingerprint density at radius 3 is 2.16 bits per heavy atom. The van der Waals surface area contributed by atoms with Gasteiger partial charge in [-0.25, -0.2) is 0 Å². The molecule has 1 unspecified atom stereocenters. The molecule has 0 bridgehead atoms. The Morgan fingerprint density at radius 2 is 1.59 bits per heavy atom. The molecule has 0 spiro atoms. The summed E-state index contributed by atoms with van der Waals surface area (Å²) >= 11 is 0. The van der Waals surface area contributed by atoms with Crippen LogP contribution >= 0.6 is 0 Å². The molecule has 6 nitrogen and oxygen atoms in total. The lowest BCUT2D eigenvalue weighted by atomic mass is 9.72. The number of amides is 2. The Kier molecular flexibility index (Phi) is 8.03. The maximum Gasteiger partial charge on any atom is 0.311 e. The van der Waals surface area contributed by atoms with Crippen molar-refractivity contribution in [2.45, 2.75) is 38.5 Å². The number of carbonyl (C=O) groups is 3. The van der Waals surface area contributed by atoms with Gasteiger partial charge in [0.1, 0.15) is 0 Å². The molecular formula is C26H32N2O4. The molecule has 32 heavy (non-hydrogen) atoms. The van der Waals surface area contributed by atoms with Crippen molar-refractivity contribution < 1.29 is 19.1 Å². The molecule has 0 radical (unpaired) electrons. The normalized spacial score (nSPS) is 16.1. The summed E-state index contributed by atoms with van der Waals surface area (Å²) in [7, 11) is 0. The number of nitrogens with one attached hydrogen (secondary N) is 1. The van der Waals surface area contributed by atoms with Gasteiger partial charge in [-0.15, -0.1) is 0 Å². The van der Waals surface area contributed by atoms with Gasteiger partial charge < -0.3 is 15.0 Å². The number of carbonyl (C=O) groups excluding carboxylic acids is 3. The fourth-order valence-electron chi connectivity index (χ4n) is 4.39. The van der Waals surface area contributed by atoms with Crippen LogP contribution in [0.4, 0.5) is 0 Å². The number of ether oxygens (including phenoxy) is 1. The quantitative estimate of drug-likeness (QED) is 0.645. The zero-order valence-corrected chi connectivity index (χ0v) is 18.9. The third-order valence-electron chi connectivity index (χ3n) is 6.28. The monoisotopic (exact) mass is 436 g/mol. The molecule has 170 valence electrons. The summed E-state index contributed by atoms with van der Waals surface area (Å²) in [6, 6.07) is 19.5. The van der Waals surface area contributed by atoms with Crippen molar-refractivity contribution in [2.24, 2.45) is 5.92 Å². The molecule has 1 atom stereocenters. The Bertz CT molecular complexity index is 906. The summed E-state index contributed by atoms with van der Waals surface area (Å²) < 4.78 is 5.27. The van der Waals surface area contributed by atoms with Crippen LogP contribution in [0.5, 0.6) is 0 Å². The third-order valence-corrected chi connectivity index (χ3v) is 6.28. The molecule has 3 rings (SSSR count). The lowest BCUT2D eigenvalue weighted by Crippen LogP contribution is -2.53. The Balaban J connectivity index is 1.77. The van der Waals surface area contributed by atoms with Crippen LogP contribution in [-0.2, 0) is 31.0 Å². The predicted octanol–water partition coefficient (Wildman–Crippen LogP) is 3.10. The summed E-state index contributed by atoms with van der Waals surface area (Å²) in [5.41, 5.74) is 1.24. The van der Waals surface area contributed by atoms with E-state index in [-0.39, 0.29) is 24.3 Å². The number of esters is 1. The Hall–Kier alpha value is -3.15. The number of rotatable bonds is 8. The second-order valence-corrected chi connectivity index (χ2v) is 8.30. The predicted molar refractivity (Wildman–Crippen MR) is 123 cm³/mol. The molecule has 2 aromatic carbocycles.